The summed E-state index contributed by atoms with van der Waals surface area (Å²) in [6, 6.07) is 4.87. The molecule has 1 heterocycles. The maximum absolute atomic E-state index is 10.7. The Labute approximate surface area is 130 Å². The molecular formula is C15H22ClN3O2. The second-order valence-corrected chi connectivity index (χ2v) is 6.06. The molecule has 1 aromatic carbocycles. The minimum atomic E-state index is -0.431. The zero-order valence-electron chi connectivity index (χ0n) is 12.5. The van der Waals surface area contributed by atoms with Crippen molar-refractivity contribution >= 4 is 23.0 Å². The highest BCUT2D eigenvalue weighted by Gasteiger charge is 2.24. The third-order valence-electron chi connectivity index (χ3n) is 4.24. The van der Waals surface area contributed by atoms with Gasteiger partial charge in [0.15, 0.2) is 0 Å². The standard InChI is InChI=1S/C15H22ClN3O2/c1-3-18-8-4-5-12(10-18)11(2)17-15-7-6-13(19(20)21)9-14(15)16/h6-7,9,11-12,17H,3-5,8,10H2,1-2H3. The van der Waals surface area contributed by atoms with Gasteiger partial charge in [0.2, 0.25) is 0 Å². The van der Waals surface area contributed by atoms with Crippen molar-refractivity contribution in [2.24, 2.45) is 5.92 Å². The number of piperidine rings is 1. The van der Waals surface area contributed by atoms with Gasteiger partial charge in [0, 0.05) is 24.7 Å². The third-order valence-corrected chi connectivity index (χ3v) is 4.56. The van der Waals surface area contributed by atoms with Crippen LogP contribution in [0.3, 0.4) is 0 Å². The first-order chi connectivity index (χ1) is 10.0. The van der Waals surface area contributed by atoms with E-state index >= 15 is 0 Å². The molecule has 2 rings (SSSR count). The van der Waals surface area contributed by atoms with Crippen molar-refractivity contribution in [3.8, 4) is 0 Å². The number of nitrogens with one attached hydrogen (secondary N) is 1. The maximum atomic E-state index is 10.7. The summed E-state index contributed by atoms with van der Waals surface area (Å²) in [6.07, 6.45) is 2.42. The number of nitro benzene ring substituents is 1. The van der Waals surface area contributed by atoms with E-state index in [1.165, 1.54) is 31.5 Å². The molecule has 2 atom stereocenters. The number of anilines is 1. The van der Waals surface area contributed by atoms with Crippen LogP contribution in [-0.2, 0) is 0 Å². The highest BCUT2D eigenvalue weighted by atomic mass is 35.5. The molecule has 0 spiro atoms. The van der Waals surface area contributed by atoms with Crippen LogP contribution in [0.25, 0.3) is 0 Å². The van der Waals surface area contributed by atoms with Crippen molar-refractivity contribution in [2.45, 2.75) is 32.7 Å². The summed E-state index contributed by atoms with van der Waals surface area (Å²) in [5.74, 6) is 0.574. The molecule has 1 aromatic rings. The Balaban J connectivity index is 2.02. The first-order valence-electron chi connectivity index (χ1n) is 7.44. The predicted octanol–water partition coefficient (Wildman–Crippen LogP) is 3.78. The Morgan fingerprint density at radius 3 is 2.95 bits per heavy atom. The zero-order chi connectivity index (χ0) is 15.4. The molecule has 21 heavy (non-hydrogen) atoms. The van der Waals surface area contributed by atoms with Crippen LogP contribution < -0.4 is 5.32 Å². The van der Waals surface area contributed by atoms with Crippen molar-refractivity contribution in [2.75, 3.05) is 25.0 Å². The normalized spacial score (nSPS) is 21.0. The molecule has 0 saturated carbocycles. The highest BCUT2D eigenvalue weighted by Crippen LogP contribution is 2.29. The Morgan fingerprint density at radius 1 is 1.57 bits per heavy atom. The minimum Gasteiger partial charge on any atom is -0.381 e. The summed E-state index contributed by atoms with van der Waals surface area (Å²) in [4.78, 5) is 12.8. The summed E-state index contributed by atoms with van der Waals surface area (Å²) in [5.41, 5.74) is 0.788. The van der Waals surface area contributed by atoms with Crippen LogP contribution in [0.2, 0.25) is 5.02 Å². The topological polar surface area (TPSA) is 58.4 Å². The number of nitro groups is 1. The molecule has 1 saturated heterocycles. The van der Waals surface area contributed by atoms with Gasteiger partial charge in [-0.3, -0.25) is 10.1 Å². The molecule has 6 heteroatoms. The van der Waals surface area contributed by atoms with Crippen LogP contribution in [-0.4, -0.2) is 35.5 Å². The summed E-state index contributed by atoms with van der Waals surface area (Å²) in [6.45, 7) is 7.70. The van der Waals surface area contributed by atoms with Crippen LogP contribution >= 0.6 is 11.6 Å². The zero-order valence-corrected chi connectivity index (χ0v) is 13.3. The van der Waals surface area contributed by atoms with Crippen molar-refractivity contribution in [3.63, 3.8) is 0 Å². The fraction of sp³-hybridized carbons (Fsp3) is 0.600. The lowest BCUT2D eigenvalue weighted by Crippen LogP contribution is -2.41. The molecule has 1 aliphatic rings. The first kappa shape index (κ1) is 16.0. The lowest BCUT2D eigenvalue weighted by atomic mass is 9.91. The van der Waals surface area contributed by atoms with E-state index in [0.29, 0.717) is 17.0 Å². The monoisotopic (exact) mass is 311 g/mol. The number of likely N-dealkylation sites (tertiary alicyclic amines) is 1. The molecular weight excluding hydrogens is 290 g/mol. The number of hydrogen-bond donors (Lipinski definition) is 1. The molecule has 0 amide bonds. The Morgan fingerprint density at radius 2 is 2.33 bits per heavy atom. The lowest BCUT2D eigenvalue weighted by molar-refractivity contribution is -0.384. The van der Waals surface area contributed by atoms with Gasteiger partial charge in [-0.25, -0.2) is 0 Å². The van der Waals surface area contributed by atoms with Crippen molar-refractivity contribution in [1.82, 2.24) is 4.90 Å². The van der Waals surface area contributed by atoms with Gasteiger partial charge in [0.1, 0.15) is 0 Å². The van der Waals surface area contributed by atoms with Gasteiger partial charge >= 0.3 is 0 Å². The van der Waals surface area contributed by atoms with Crippen LogP contribution in [0.5, 0.6) is 0 Å². The summed E-state index contributed by atoms with van der Waals surface area (Å²) < 4.78 is 0. The molecule has 1 aliphatic heterocycles. The average molecular weight is 312 g/mol. The largest absolute Gasteiger partial charge is 0.381 e. The molecule has 0 aliphatic carbocycles. The molecule has 1 N–H and O–H groups in total. The number of halogens is 1. The SMILES string of the molecule is CCN1CCCC(C(C)Nc2ccc([N+](=O)[O-])cc2Cl)C1. The number of hydrogen-bond acceptors (Lipinski definition) is 4. The van der Waals surface area contributed by atoms with E-state index in [1.54, 1.807) is 6.07 Å². The predicted molar refractivity (Wildman–Crippen MR) is 86.0 cm³/mol. The maximum Gasteiger partial charge on any atom is 0.271 e. The van der Waals surface area contributed by atoms with Crippen molar-refractivity contribution < 1.29 is 4.92 Å². The second kappa shape index (κ2) is 7.09. The van der Waals surface area contributed by atoms with Gasteiger partial charge in [0.05, 0.1) is 15.6 Å². The summed E-state index contributed by atoms with van der Waals surface area (Å²) >= 11 is 6.14. The first-order valence-corrected chi connectivity index (χ1v) is 7.82. The van der Waals surface area contributed by atoms with E-state index in [2.05, 4.69) is 24.1 Å². The Hall–Kier alpha value is -1.33. The number of nitrogens with zero attached hydrogens (tertiary/aromatic N) is 2. The third kappa shape index (κ3) is 4.08. The molecule has 2 unspecified atom stereocenters. The molecule has 5 nitrogen and oxygen atoms in total. The van der Waals surface area contributed by atoms with Gasteiger partial charge in [-0.15, -0.1) is 0 Å². The van der Waals surface area contributed by atoms with E-state index in [-0.39, 0.29) is 5.69 Å². The van der Waals surface area contributed by atoms with Crippen LogP contribution in [0.15, 0.2) is 18.2 Å². The number of rotatable bonds is 5. The average Bonchev–Trinajstić information content (AvgIpc) is 2.49. The lowest BCUT2D eigenvalue weighted by Gasteiger charge is -2.35. The molecule has 0 aromatic heterocycles. The smallest absolute Gasteiger partial charge is 0.271 e. The highest BCUT2D eigenvalue weighted by molar-refractivity contribution is 6.33. The molecule has 116 valence electrons. The summed E-state index contributed by atoms with van der Waals surface area (Å²) in [5, 5.41) is 14.5. The van der Waals surface area contributed by atoms with Gasteiger partial charge in [-0.05, 0) is 44.8 Å². The van der Waals surface area contributed by atoms with Crippen LogP contribution in [0.4, 0.5) is 11.4 Å². The molecule has 1 fully saturated rings. The van der Waals surface area contributed by atoms with Gasteiger partial charge in [0.25, 0.3) is 5.69 Å². The Kier molecular flexibility index (Phi) is 5.42. The van der Waals surface area contributed by atoms with Gasteiger partial charge in [-0.2, -0.15) is 0 Å². The minimum absolute atomic E-state index is 0.0213. The summed E-state index contributed by atoms with van der Waals surface area (Å²) in [7, 11) is 0. The van der Waals surface area contributed by atoms with Gasteiger partial charge in [-0.1, -0.05) is 18.5 Å². The van der Waals surface area contributed by atoms with Crippen molar-refractivity contribution in [3.05, 3.63) is 33.3 Å². The number of non-ortho nitro benzene ring substituents is 1. The second-order valence-electron chi connectivity index (χ2n) is 5.65. The van der Waals surface area contributed by atoms with E-state index in [0.717, 1.165) is 18.8 Å². The fourth-order valence-corrected chi connectivity index (χ4v) is 3.11. The van der Waals surface area contributed by atoms with Crippen LogP contribution in [0.1, 0.15) is 26.7 Å². The van der Waals surface area contributed by atoms with Gasteiger partial charge < -0.3 is 10.2 Å². The quantitative estimate of drug-likeness (QED) is 0.664. The fourth-order valence-electron chi connectivity index (χ4n) is 2.88. The van der Waals surface area contributed by atoms with E-state index in [4.69, 9.17) is 11.6 Å². The van der Waals surface area contributed by atoms with E-state index in [1.807, 2.05) is 0 Å². The molecule has 0 bridgehead atoms. The number of benzene rings is 1. The van der Waals surface area contributed by atoms with Crippen LogP contribution in [0, 0.1) is 16.0 Å². The van der Waals surface area contributed by atoms with E-state index < -0.39 is 4.92 Å². The van der Waals surface area contributed by atoms with Crippen molar-refractivity contribution in [1.29, 1.82) is 0 Å². The Bertz CT molecular complexity index is 510. The van der Waals surface area contributed by atoms with E-state index in [9.17, 15) is 10.1 Å². The molecule has 0 radical (unpaired) electrons.